The number of fused-ring (bicyclic) bond motifs is 1. The first-order valence-corrected chi connectivity index (χ1v) is 6.53. The molecular formula is C15H17NO3. The zero-order valence-corrected chi connectivity index (χ0v) is 10.9. The molecule has 3 rings (SSSR count). The smallest absolute Gasteiger partial charge is 0.199 e. The van der Waals surface area contributed by atoms with E-state index in [1.54, 1.807) is 7.11 Å². The van der Waals surface area contributed by atoms with E-state index >= 15 is 0 Å². The number of benzene rings is 1. The summed E-state index contributed by atoms with van der Waals surface area (Å²) in [4.78, 5) is 4.49. The predicted octanol–water partition coefficient (Wildman–Crippen LogP) is 2.12. The van der Waals surface area contributed by atoms with E-state index in [2.05, 4.69) is 4.98 Å². The fourth-order valence-corrected chi connectivity index (χ4v) is 2.50. The Morgan fingerprint density at radius 1 is 1.42 bits per heavy atom. The number of methoxy groups -OCH3 is 1. The van der Waals surface area contributed by atoms with Crippen LogP contribution in [0.2, 0.25) is 0 Å². The molecular weight excluding hydrogens is 242 g/mol. The van der Waals surface area contributed by atoms with E-state index < -0.39 is 0 Å². The summed E-state index contributed by atoms with van der Waals surface area (Å²) in [5.41, 5.74) is 1.97. The highest BCUT2D eigenvalue weighted by Gasteiger charge is 2.22. The number of aliphatic hydroxyl groups excluding tert-OH is 1. The average molecular weight is 259 g/mol. The molecule has 0 saturated carbocycles. The van der Waals surface area contributed by atoms with Gasteiger partial charge >= 0.3 is 0 Å². The Hall–Kier alpha value is -1.81. The van der Waals surface area contributed by atoms with Crippen LogP contribution in [-0.2, 0) is 19.3 Å². The van der Waals surface area contributed by atoms with Gasteiger partial charge in [0, 0.05) is 18.4 Å². The summed E-state index contributed by atoms with van der Waals surface area (Å²) < 4.78 is 11.1. The highest BCUT2D eigenvalue weighted by atomic mass is 16.5. The van der Waals surface area contributed by atoms with Crippen molar-refractivity contribution in [2.75, 3.05) is 7.11 Å². The van der Waals surface area contributed by atoms with Crippen LogP contribution in [0.4, 0.5) is 0 Å². The Kier molecular flexibility index (Phi) is 3.25. The summed E-state index contributed by atoms with van der Waals surface area (Å²) in [7, 11) is 1.66. The first-order chi connectivity index (χ1) is 9.26. The Morgan fingerprint density at radius 2 is 2.26 bits per heavy atom. The maximum Gasteiger partial charge on any atom is 0.199 e. The Morgan fingerprint density at radius 3 is 3.11 bits per heavy atom. The number of aryl methyl sites for hydroxylation is 1. The molecule has 4 nitrogen and oxygen atoms in total. The van der Waals surface area contributed by atoms with E-state index in [1.807, 2.05) is 24.3 Å². The van der Waals surface area contributed by atoms with Crippen molar-refractivity contribution in [2.24, 2.45) is 0 Å². The third-order valence-corrected chi connectivity index (χ3v) is 3.49. The minimum Gasteiger partial charge on any atom is -0.496 e. The molecule has 4 heteroatoms. The lowest BCUT2D eigenvalue weighted by molar-refractivity contribution is 0.153. The number of nitrogens with zero attached hydrogens (tertiary/aromatic N) is 1. The summed E-state index contributed by atoms with van der Waals surface area (Å²) in [5, 5.41) is 9.64. The summed E-state index contributed by atoms with van der Waals surface area (Å²) in [5.74, 6) is 2.47. The van der Waals surface area contributed by atoms with Crippen LogP contribution in [0.3, 0.4) is 0 Å². The number of oxazole rings is 1. The van der Waals surface area contributed by atoms with Gasteiger partial charge in [0.2, 0.25) is 0 Å². The fourth-order valence-electron chi connectivity index (χ4n) is 2.50. The maximum absolute atomic E-state index is 9.64. The quantitative estimate of drug-likeness (QED) is 0.917. The van der Waals surface area contributed by atoms with Gasteiger partial charge in [-0.1, -0.05) is 18.2 Å². The normalized spacial score (nSPS) is 18.1. The third-order valence-electron chi connectivity index (χ3n) is 3.49. The lowest BCUT2D eigenvalue weighted by Crippen LogP contribution is -2.17. The summed E-state index contributed by atoms with van der Waals surface area (Å²) in [6.45, 7) is 0. The van der Waals surface area contributed by atoms with Crippen LogP contribution in [0.25, 0.3) is 0 Å². The number of ether oxygens (including phenoxy) is 1. The fraction of sp³-hybridized carbons (Fsp3) is 0.400. The predicted molar refractivity (Wildman–Crippen MR) is 70.3 cm³/mol. The highest BCUT2D eigenvalue weighted by Crippen LogP contribution is 2.25. The van der Waals surface area contributed by atoms with Crippen LogP contribution in [0.1, 0.15) is 29.3 Å². The van der Waals surface area contributed by atoms with Crippen LogP contribution in [0, 0.1) is 0 Å². The maximum atomic E-state index is 9.64. The summed E-state index contributed by atoms with van der Waals surface area (Å²) >= 11 is 0. The van der Waals surface area contributed by atoms with E-state index in [0.29, 0.717) is 18.7 Å². The molecule has 100 valence electrons. The van der Waals surface area contributed by atoms with Gasteiger partial charge in [-0.25, -0.2) is 4.98 Å². The van der Waals surface area contributed by atoms with E-state index in [-0.39, 0.29) is 6.10 Å². The average Bonchev–Trinajstić information content (AvgIpc) is 2.80. The second kappa shape index (κ2) is 5.05. The van der Waals surface area contributed by atoms with Crippen LogP contribution in [0.15, 0.2) is 28.7 Å². The Labute approximate surface area is 112 Å². The lowest BCUT2D eigenvalue weighted by Gasteiger charge is -2.13. The van der Waals surface area contributed by atoms with E-state index in [1.165, 1.54) is 0 Å². The van der Waals surface area contributed by atoms with Gasteiger partial charge in [0.25, 0.3) is 0 Å². The molecule has 1 aromatic heterocycles. The Balaban J connectivity index is 1.84. The minimum atomic E-state index is -0.281. The second-order valence-corrected chi connectivity index (χ2v) is 4.86. The molecule has 0 saturated heterocycles. The molecule has 2 aromatic rings. The van der Waals surface area contributed by atoms with Gasteiger partial charge in [-0.3, -0.25) is 0 Å². The number of hydrogen-bond acceptors (Lipinski definition) is 4. The van der Waals surface area contributed by atoms with Gasteiger partial charge in [0.15, 0.2) is 5.89 Å². The van der Waals surface area contributed by atoms with Crippen molar-refractivity contribution in [3.8, 4) is 5.75 Å². The van der Waals surface area contributed by atoms with Crippen molar-refractivity contribution in [1.82, 2.24) is 4.98 Å². The summed E-state index contributed by atoms with van der Waals surface area (Å²) in [6.07, 6.45) is 2.47. The molecule has 1 aromatic carbocycles. The molecule has 0 bridgehead atoms. The molecule has 0 radical (unpaired) electrons. The van der Waals surface area contributed by atoms with E-state index in [4.69, 9.17) is 9.15 Å². The highest BCUT2D eigenvalue weighted by molar-refractivity contribution is 5.35. The number of aromatic nitrogens is 1. The second-order valence-electron chi connectivity index (χ2n) is 4.86. The van der Waals surface area contributed by atoms with Gasteiger partial charge in [-0.2, -0.15) is 0 Å². The third kappa shape index (κ3) is 2.49. The van der Waals surface area contributed by atoms with Gasteiger partial charge < -0.3 is 14.3 Å². The molecule has 1 unspecified atom stereocenters. The van der Waals surface area contributed by atoms with E-state index in [0.717, 1.165) is 35.6 Å². The molecule has 1 atom stereocenters. The van der Waals surface area contributed by atoms with Gasteiger partial charge in [0.1, 0.15) is 11.5 Å². The van der Waals surface area contributed by atoms with Crippen molar-refractivity contribution in [3.63, 3.8) is 0 Å². The lowest BCUT2D eigenvalue weighted by atomic mass is 9.99. The molecule has 0 fully saturated rings. The number of hydrogen-bond donors (Lipinski definition) is 1. The first-order valence-electron chi connectivity index (χ1n) is 6.53. The summed E-state index contributed by atoms with van der Waals surface area (Å²) in [6, 6.07) is 7.86. The molecule has 1 aliphatic carbocycles. The van der Waals surface area contributed by atoms with Gasteiger partial charge in [-0.05, 0) is 12.5 Å². The number of para-hydroxylation sites is 1. The molecule has 1 aliphatic rings. The van der Waals surface area contributed by atoms with Crippen molar-refractivity contribution in [1.29, 1.82) is 0 Å². The number of aliphatic hydroxyl groups is 1. The molecule has 1 N–H and O–H groups in total. The largest absolute Gasteiger partial charge is 0.496 e. The standard InChI is InChI=1S/C15H17NO3/c1-18-13-5-3-2-4-10(13)8-15-16-12-9-11(17)6-7-14(12)19-15/h2-5,11,17H,6-9H2,1H3. The minimum absolute atomic E-state index is 0.281. The molecule has 1 heterocycles. The Bertz CT molecular complexity index is 577. The van der Waals surface area contributed by atoms with Crippen molar-refractivity contribution in [3.05, 3.63) is 47.2 Å². The van der Waals surface area contributed by atoms with Crippen molar-refractivity contribution < 1.29 is 14.3 Å². The van der Waals surface area contributed by atoms with Crippen molar-refractivity contribution >= 4 is 0 Å². The molecule has 0 aliphatic heterocycles. The van der Waals surface area contributed by atoms with Gasteiger partial charge in [-0.15, -0.1) is 0 Å². The van der Waals surface area contributed by atoms with Crippen LogP contribution < -0.4 is 4.74 Å². The van der Waals surface area contributed by atoms with Crippen LogP contribution in [-0.4, -0.2) is 23.3 Å². The molecule has 0 spiro atoms. The monoisotopic (exact) mass is 259 g/mol. The zero-order valence-electron chi connectivity index (χ0n) is 10.9. The van der Waals surface area contributed by atoms with E-state index in [9.17, 15) is 5.11 Å². The van der Waals surface area contributed by atoms with Gasteiger partial charge in [0.05, 0.1) is 25.3 Å². The molecule has 19 heavy (non-hydrogen) atoms. The number of rotatable bonds is 3. The molecule has 0 amide bonds. The van der Waals surface area contributed by atoms with Crippen LogP contribution >= 0.6 is 0 Å². The zero-order chi connectivity index (χ0) is 13.2. The van der Waals surface area contributed by atoms with Crippen LogP contribution in [0.5, 0.6) is 5.75 Å². The topological polar surface area (TPSA) is 55.5 Å². The first kappa shape index (κ1) is 12.2. The SMILES string of the molecule is COc1ccccc1Cc1nc2c(o1)CCC(O)C2. The van der Waals surface area contributed by atoms with Crippen molar-refractivity contribution in [2.45, 2.75) is 31.8 Å².